The van der Waals surface area contributed by atoms with Gasteiger partial charge in [-0.2, -0.15) is 0 Å². The van der Waals surface area contributed by atoms with Crippen LogP contribution in [0.15, 0.2) is 53.2 Å². The minimum Gasteiger partial charge on any atom is -0.462 e. The van der Waals surface area contributed by atoms with Crippen LogP contribution in [0.3, 0.4) is 0 Å². The standard InChI is InChI=1S/C19H14ClN3O3/c1-2-25-19(24)11-3-6-13(7-4-11)23-18-17-16(21-10-22-18)14-9-12(20)5-8-15(14)26-17/h3-10H,2H2,1H3,(H,21,22,23). The molecular weight excluding hydrogens is 354 g/mol. The maximum atomic E-state index is 11.7. The van der Waals surface area contributed by atoms with Gasteiger partial charge in [-0.3, -0.25) is 0 Å². The number of hydrogen-bond donors (Lipinski definition) is 1. The van der Waals surface area contributed by atoms with E-state index in [4.69, 9.17) is 20.8 Å². The number of ether oxygens (including phenoxy) is 1. The molecular formula is C19H14ClN3O3. The summed E-state index contributed by atoms with van der Waals surface area (Å²) in [6, 6.07) is 12.3. The van der Waals surface area contributed by atoms with Crippen molar-refractivity contribution < 1.29 is 13.9 Å². The Morgan fingerprint density at radius 3 is 2.77 bits per heavy atom. The zero-order valence-corrected chi connectivity index (χ0v) is 14.6. The first-order chi connectivity index (χ1) is 12.7. The van der Waals surface area contributed by atoms with Crippen LogP contribution in [0.1, 0.15) is 17.3 Å². The predicted octanol–water partition coefficient (Wildman–Crippen LogP) is 4.95. The van der Waals surface area contributed by atoms with Gasteiger partial charge in [-0.1, -0.05) is 11.6 Å². The number of esters is 1. The van der Waals surface area contributed by atoms with Crippen molar-refractivity contribution in [3.63, 3.8) is 0 Å². The molecule has 0 saturated carbocycles. The van der Waals surface area contributed by atoms with Gasteiger partial charge in [-0.25, -0.2) is 14.8 Å². The highest BCUT2D eigenvalue weighted by Gasteiger charge is 2.14. The fourth-order valence-corrected chi connectivity index (χ4v) is 2.85. The van der Waals surface area contributed by atoms with Crippen molar-refractivity contribution in [1.29, 1.82) is 0 Å². The second-order valence-electron chi connectivity index (χ2n) is 5.57. The van der Waals surface area contributed by atoms with Crippen molar-refractivity contribution in [3.8, 4) is 0 Å². The van der Waals surface area contributed by atoms with Crippen molar-refractivity contribution in [2.45, 2.75) is 6.92 Å². The van der Waals surface area contributed by atoms with E-state index in [-0.39, 0.29) is 5.97 Å². The fourth-order valence-electron chi connectivity index (χ4n) is 2.68. The summed E-state index contributed by atoms with van der Waals surface area (Å²) in [6.07, 6.45) is 1.47. The smallest absolute Gasteiger partial charge is 0.338 e. The van der Waals surface area contributed by atoms with Crippen LogP contribution < -0.4 is 5.32 Å². The lowest BCUT2D eigenvalue weighted by Gasteiger charge is -2.06. The lowest BCUT2D eigenvalue weighted by atomic mass is 10.2. The number of rotatable bonds is 4. The number of fused-ring (bicyclic) bond motifs is 3. The third kappa shape index (κ3) is 2.95. The Morgan fingerprint density at radius 1 is 1.19 bits per heavy atom. The third-order valence-electron chi connectivity index (χ3n) is 3.87. The molecule has 0 spiro atoms. The number of furan rings is 1. The van der Waals surface area contributed by atoms with E-state index in [0.717, 1.165) is 11.1 Å². The molecule has 0 saturated heterocycles. The fraction of sp³-hybridized carbons (Fsp3) is 0.105. The van der Waals surface area contributed by atoms with Gasteiger partial charge in [0, 0.05) is 16.1 Å². The highest BCUT2D eigenvalue weighted by Crippen LogP contribution is 2.33. The van der Waals surface area contributed by atoms with Gasteiger partial charge in [0.25, 0.3) is 0 Å². The normalized spacial score (nSPS) is 11.0. The Morgan fingerprint density at radius 2 is 2.00 bits per heavy atom. The Kier molecular flexibility index (Phi) is 4.18. The molecule has 2 aromatic carbocycles. The Balaban J connectivity index is 1.69. The van der Waals surface area contributed by atoms with Crippen LogP contribution in [0, 0.1) is 0 Å². The van der Waals surface area contributed by atoms with Crippen molar-refractivity contribution in [1.82, 2.24) is 9.97 Å². The first-order valence-corrected chi connectivity index (χ1v) is 8.40. The average Bonchev–Trinajstić information content (AvgIpc) is 3.02. The topological polar surface area (TPSA) is 77.2 Å². The third-order valence-corrected chi connectivity index (χ3v) is 4.11. The van der Waals surface area contributed by atoms with Crippen molar-refractivity contribution in [2.24, 2.45) is 0 Å². The number of nitrogens with one attached hydrogen (secondary N) is 1. The highest BCUT2D eigenvalue weighted by molar-refractivity contribution is 6.31. The molecule has 26 heavy (non-hydrogen) atoms. The number of carbonyl (C=O) groups is 1. The molecule has 0 atom stereocenters. The second-order valence-corrected chi connectivity index (χ2v) is 6.00. The number of anilines is 2. The van der Waals surface area contributed by atoms with Crippen LogP contribution in [-0.2, 0) is 4.74 Å². The number of hydrogen-bond acceptors (Lipinski definition) is 6. The van der Waals surface area contributed by atoms with Crippen molar-refractivity contribution in [3.05, 3.63) is 59.4 Å². The van der Waals surface area contributed by atoms with Crippen molar-refractivity contribution in [2.75, 3.05) is 11.9 Å². The lowest BCUT2D eigenvalue weighted by Crippen LogP contribution is -2.04. The van der Waals surface area contributed by atoms with Gasteiger partial charge in [0.15, 0.2) is 11.4 Å². The van der Waals surface area contributed by atoms with E-state index < -0.39 is 0 Å². The van der Waals surface area contributed by atoms with Crippen molar-refractivity contribution >= 4 is 51.1 Å². The van der Waals surface area contributed by atoms with Gasteiger partial charge in [0.05, 0.1) is 12.2 Å². The summed E-state index contributed by atoms with van der Waals surface area (Å²) in [5.74, 6) is 0.184. The van der Waals surface area contributed by atoms with Gasteiger partial charge in [0.1, 0.15) is 17.4 Å². The Labute approximate surface area is 153 Å². The van der Waals surface area contributed by atoms with E-state index in [9.17, 15) is 4.79 Å². The summed E-state index contributed by atoms with van der Waals surface area (Å²) in [5, 5.41) is 4.63. The first-order valence-electron chi connectivity index (χ1n) is 8.02. The molecule has 0 aliphatic heterocycles. The quantitative estimate of drug-likeness (QED) is 0.514. The number of halogens is 1. The zero-order valence-electron chi connectivity index (χ0n) is 13.8. The molecule has 1 N–H and O–H groups in total. The summed E-state index contributed by atoms with van der Waals surface area (Å²) in [7, 11) is 0. The molecule has 4 aromatic rings. The van der Waals surface area contributed by atoms with Crippen LogP contribution in [0.25, 0.3) is 22.1 Å². The minimum atomic E-state index is -0.349. The van der Waals surface area contributed by atoms with Crippen LogP contribution >= 0.6 is 11.6 Å². The molecule has 0 radical (unpaired) electrons. The van der Waals surface area contributed by atoms with Gasteiger partial charge in [0.2, 0.25) is 0 Å². The maximum Gasteiger partial charge on any atom is 0.338 e. The molecule has 0 aliphatic rings. The van der Waals surface area contributed by atoms with Crippen LogP contribution in [0.4, 0.5) is 11.5 Å². The van der Waals surface area contributed by atoms with Gasteiger partial charge >= 0.3 is 5.97 Å². The van der Waals surface area contributed by atoms with E-state index >= 15 is 0 Å². The van der Waals surface area contributed by atoms with Crippen LogP contribution in [0.2, 0.25) is 5.02 Å². The highest BCUT2D eigenvalue weighted by atomic mass is 35.5. The average molecular weight is 368 g/mol. The molecule has 4 rings (SSSR count). The molecule has 7 heteroatoms. The molecule has 2 heterocycles. The molecule has 130 valence electrons. The van der Waals surface area contributed by atoms with E-state index in [2.05, 4.69) is 15.3 Å². The summed E-state index contributed by atoms with van der Waals surface area (Å²) < 4.78 is 10.9. The Hall–Kier alpha value is -3.12. The van der Waals surface area contributed by atoms with Crippen LogP contribution in [-0.4, -0.2) is 22.5 Å². The lowest BCUT2D eigenvalue weighted by molar-refractivity contribution is 0.0526. The van der Waals surface area contributed by atoms with Gasteiger partial charge in [-0.05, 0) is 49.4 Å². The number of nitrogens with zero attached hydrogens (tertiary/aromatic N) is 2. The van der Waals surface area contributed by atoms with Crippen LogP contribution in [0.5, 0.6) is 0 Å². The molecule has 2 aromatic heterocycles. The summed E-state index contributed by atoms with van der Waals surface area (Å²) in [5.41, 5.74) is 3.16. The number of aromatic nitrogens is 2. The summed E-state index contributed by atoms with van der Waals surface area (Å²) in [6.45, 7) is 2.11. The molecule has 0 fully saturated rings. The van der Waals surface area contributed by atoms with E-state index in [1.807, 2.05) is 6.07 Å². The molecule has 0 aliphatic carbocycles. The SMILES string of the molecule is CCOC(=O)c1ccc(Nc2ncnc3c2oc2ccc(Cl)cc23)cc1. The van der Waals surface area contributed by atoms with E-state index in [0.29, 0.717) is 39.7 Å². The second kappa shape index (κ2) is 6.65. The predicted molar refractivity (Wildman–Crippen MR) is 100 cm³/mol. The summed E-state index contributed by atoms with van der Waals surface area (Å²) >= 11 is 6.07. The molecule has 0 bridgehead atoms. The summed E-state index contributed by atoms with van der Waals surface area (Å²) in [4.78, 5) is 20.3. The maximum absolute atomic E-state index is 11.7. The first kappa shape index (κ1) is 16.4. The van der Waals surface area contributed by atoms with E-state index in [1.165, 1.54) is 6.33 Å². The monoisotopic (exact) mass is 367 g/mol. The molecule has 0 unspecified atom stereocenters. The van der Waals surface area contributed by atoms with Gasteiger partial charge < -0.3 is 14.5 Å². The Bertz CT molecular complexity index is 1110. The number of benzene rings is 2. The molecule has 0 amide bonds. The number of carbonyl (C=O) groups excluding carboxylic acids is 1. The van der Waals surface area contributed by atoms with Gasteiger partial charge in [-0.15, -0.1) is 0 Å². The van der Waals surface area contributed by atoms with E-state index in [1.54, 1.807) is 43.3 Å². The largest absolute Gasteiger partial charge is 0.462 e. The minimum absolute atomic E-state index is 0.341. The zero-order chi connectivity index (χ0) is 18.1. The molecule has 6 nitrogen and oxygen atoms in total.